The van der Waals surface area contributed by atoms with Crippen molar-refractivity contribution in [1.82, 2.24) is 0 Å². The zero-order valence-electron chi connectivity index (χ0n) is 16.5. The summed E-state index contributed by atoms with van der Waals surface area (Å²) >= 11 is 0. The number of rotatable bonds is 6. The molecular weight excluding hydrogens is 360 g/mol. The molecule has 0 radical (unpaired) electrons. The number of anilines is 1. The Bertz CT molecular complexity index is 808. The molecule has 0 bridgehead atoms. The Labute approximate surface area is 164 Å². The van der Waals surface area contributed by atoms with Gasteiger partial charge in [0.1, 0.15) is 17.6 Å². The molecule has 0 aromatic heterocycles. The van der Waals surface area contributed by atoms with Crippen LogP contribution in [0.1, 0.15) is 26.3 Å². The minimum atomic E-state index is -0.983. The van der Waals surface area contributed by atoms with Crippen molar-refractivity contribution in [3.63, 3.8) is 0 Å². The average Bonchev–Trinajstić information content (AvgIpc) is 2.62. The van der Waals surface area contributed by atoms with Gasteiger partial charge in [0.2, 0.25) is 0 Å². The Morgan fingerprint density at radius 3 is 2.11 bits per heavy atom. The Balaban J connectivity index is 2.08. The number of carbonyl (C=O) groups is 1. The van der Waals surface area contributed by atoms with Crippen LogP contribution >= 0.6 is 0 Å². The molecule has 0 aliphatic rings. The summed E-state index contributed by atoms with van der Waals surface area (Å²) in [5.74, 6) is 0.689. The second kappa shape index (κ2) is 9.12. The predicted octanol–water partition coefficient (Wildman–Crippen LogP) is 2.68. The summed E-state index contributed by atoms with van der Waals surface area (Å²) in [6.07, 6.45) is -0.597. The lowest BCUT2D eigenvalue weighted by Gasteiger charge is -2.30. The van der Waals surface area contributed by atoms with E-state index in [1.165, 1.54) is 7.11 Å². The van der Waals surface area contributed by atoms with E-state index in [0.717, 1.165) is 5.56 Å². The highest BCUT2D eigenvalue weighted by molar-refractivity contribution is 5.79. The number of carbonyl (C=O) groups excluding carboxylic acids is 1. The van der Waals surface area contributed by atoms with Crippen molar-refractivity contribution in [2.75, 3.05) is 12.8 Å². The van der Waals surface area contributed by atoms with Crippen molar-refractivity contribution in [3.05, 3.63) is 54.1 Å². The quantitative estimate of drug-likeness (QED) is 0.355. The second-order valence-electron chi connectivity index (χ2n) is 7.17. The summed E-state index contributed by atoms with van der Waals surface area (Å²) < 4.78 is 15.6. The molecule has 28 heavy (non-hydrogen) atoms. The lowest BCUT2D eigenvalue weighted by molar-refractivity contribution is -0.261. The summed E-state index contributed by atoms with van der Waals surface area (Å²) in [6.45, 7) is 5.19. The third kappa shape index (κ3) is 6.83. The van der Waals surface area contributed by atoms with E-state index >= 15 is 0 Å². The Morgan fingerprint density at radius 2 is 1.61 bits per heavy atom. The van der Waals surface area contributed by atoms with Crippen LogP contribution < -0.4 is 15.6 Å². The number of benzene rings is 2. The molecule has 2 aromatic carbocycles. The van der Waals surface area contributed by atoms with E-state index in [1.54, 1.807) is 69.3 Å². The zero-order valence-corrected chi connectivity index (χ0v) is 16.5. The van der Waals surface area contributed by atoms with Crippen molar-refractivity contribution in [3.8, 4) is 11.5 Å². The molecule has 0 fully saturated rings. The van der Waals surface area contributed by atoms with Crippen molar-refractivity contribution in [2.45, 2.75) is 38.8 Å². The van der Waals surface area contributed by atoms with Gasteiger partial charge in [-0.15, -0.1) is 0 Å². The fourth-order valence-electron chi connectivity index (χ4n) is 2.32. The van der Waals surface area contributed by atoms with E-state index < -0.39 is 23.7 Å². The fourth-order valence-corrected chi connectivity index (χ4v) is 2.32. The number of hydrogen-bond donors (Lipinski definition) is 1. The first kappa shape index (κ1) is 21.1. The van der Waals surface area contributed by atoms with Crippen LogP contribution in [-0.4, -0.2) is 30.8 Å². The Hall–Kier alpha value is -3.22. The fraction of sp³-hybridized carbons (Fsp3) is 0.333. The molecule has 150 valence electrons. The number of methoxy groups -OCH3 is 1. The normalized spacial score (nSPS) is 12.9. The topological polar surface area (TPSA) is 106 Å². The average molecular weight is 385 g/mol. The van der Waals surface area contributed by atoms with Gasteiger partial charge in [0.05, 0.1) is 7.11 Å². The van der Waals surface area contributed by atoms with E-state index in [1.807, 2.05) is 0 Å². The van der Waals surface area contributed by atoms with Crippen molar-refractivity contribution in [1.29, 1.82) is 0 Å². The molecule has 0 saturated carbocycles. The number of nitrogens with zero attached hydrogens (tertiary/aromatic N) is 1. The lowest BCUT2D eigenvalue weighted by Crippen LogP contribution is -2.35. The van der Waals surface area contributed by atoms with Gasteiger partial charge in [0, 0.05) is 17.7 Å². The first-order valence-corrected chi connectivity index (χ1v) is 8.80. The van der Waals surface area contributed by atoms with Crippen LogP contribution in [0.25, 0.3) is 0 Å². The van der Waals surface area contributed by atoms with Crippen LogP contribution in [0, 0.1) is 0 Å². The molecule has 2 rings (SSSR count). The van der Waals surface area contributed by atoms with Crippen LogP contribution in [0.4, 0.5) is 5.69 Å². The third-order valence-corrected chi connectivity index (χ3v) is 3.60. The minimum Gasteiger partial charge on any atom is -0.595 e. The highest BCUT2D eigenvalue weighted by atomic mass is 16.6. The summed E-state index contributed by atoms with van der Waals surface area (Å²) in [5, 5.41) is 11.9. The van der Waals surface area contributed by atoms with Gasteiger partial charge in [0.15, 0.2) is 6.04 Å². The maximum Gasteiger partial charge on any atom is 0.331 e. The molecule has 0 aliphatic heterocycles. The molecule has 7 heteroatoms. The maximum absolute atomic E-state index is 12.0. The highest BCUT2D eigenvalue weighted by Gasteiger charge is 2.19. The number of aliphatic imine (C=N–C) groups is 1. The smallest absolute Gasteiger partial charge is 0.331 e. The van der Waals surface area contributed by atoms with Crippen LogP contribution in [0.3, 0.4) is 0 Å². The summed E-state index contributed by atoms with van der Waals surface area (Å²) in [4.78, 5) is 15.8. The lowest BCUT2D eigenvalue weighted by atomic mass is 10.1. The summed E-state index contributed by atoms with van der Waals surface area (Å²) in [6, 6.07) is 13.2. The van der Waals surface area contributed by atoms with E-state index in [4.69, 9.17) is 19.9 Å². The molecule has 0 saturated heterocycles. The minimum absolute atomic E-state index is 0.202. The van der Waals surface area contributed by atoms with Crippen LogP contribution in [0.5, 0.6) is 11.5 Å². The van der Waals surface area contributed by atoms with Gasteiger partial charge in [-0.25, -0.2) is 4.79 Å². The van der Waals surface area contributed by atoms with Crippen molar-refractivity contribution < 1.29 is 24.1 Å². The first-order chi connectivity index (χ1) is 13.2. The highest BCUT2D eigenvalue weighted by Crippen LogP contribution is 2.23. The van der Waals surface area contributed by atoms with E-state index in [-0.39, 0.29) is 6.42 Å². The van der Waals surface area contributed by atoms with Crippen LogP contribution in [-0.2, 0) is 20.7 Å². The number of hydrogen-bond acceptors (Lipinski definition) is 7. The predicted molar refractivity (Wildman–Crippen MR) is 105 cm³/mol. The van der Waals surface area contributed by atoms with Crippen LogP contribution in [0.15, 0.2) is 53.5 Å². The second-order valence-corrected chi connectivity index (χ2v) is 7.17. The summed E-state index contributed by atoms with van der Waals surface area (Å²) in [7, 11) is 1.25. The number of esters is 1. The largest absolute Gasteiger partial charge is 0.595 e. The Morgan fingerprint density at radius 1 is 1.07 bits per heavy atom. The van der Waals surface area contributed by atoms with Gasteiger partial charge >= 0.3 is 5.97 Å². The maximum atomic E-state index is 12.0. The summed E-state index contributed by atoms with van der Waals surface area (Å²) in [5.41, 5.74) is 6.42. The van der Waals surface area contributed by atoms with Gasteiger partial charge in [-0.1, -0.05) is 32.9 Å². The van der Waals surface area contributed by atoms with E-state index in [0.29, 0.717) is 17.2 Å². The molecular formula is C21H25N2O5-. The van der Waals surface area contributed by atoms with Gasteiger partial charge in [-0.3, -0.25) is 4.99 Å². The Kier molecular flexibility index (Phi) is 6.87. The number of ether oxygens (including phenoxy) is 3. The molecule has 0 amide bonds. The van der Waals surface area contributed by atoms with Crippen molar-refractivity contribution in [2.24, 2.45) is 4.99 Å². The SMILES string of the molecule is COC(=O)[C@H](Cc1ccc(Oc2ccc(N)cc2)cc1)N=C([O-])OC(C)(C)C. The molecule has 0 aliphatic carbocycles. The van der Waals surface area contributed by atoms with E-state index in [2.05, 4.69) is 4.99 Å². The molecule has 7 nitrogen and oxygen atoms in total. The number of nitrogen functional groups attached to an aromatic ring is 1. The molecule has 2 aromatic rings. The van der Waals surface area contributed by atoms with Gasteiger partial charge < -0.3 is 25.1 Å². The molecule has 0 unspecified atom stereocenters. The monoisotopic (exact) mass is 385 g/mol. The van der Waals surface area contributed by atoms with Crippen LogP contribution in [0.2, 0.25) is 0 Å². The number of nitrogens with two attached hydrogens (primary N) is 1. The van der Waals surface area contributed by atoms with Gasteiger partial charge in [0.25, 0.3) is 0 Å². The molecule has 0 heterocycles. The van der Waals surface area contributed by atoms with E-state index in [9.17, 15) is 9.90 Å². The van der Waals surface area contributed by atoms with Gasteiger partial charge in [-0.05, 0) is 42.0 Å². The molecule has 2 N–H and O–H groups in total. The molecule has 1 atom stereocenters. The first-order valence-electron chi connectivity index (χ1n) is 8.80. The van der Waals surface area contributed by atoms with Crippen molar-refractivity contribution >= 4 is 17.7 Å². The standard InChI is InChI=1S/C21H26N2O5/c1-21(2,3)28-20(25)23-18(19(24)26-4)13-14-5-9-16(10-6-14)27-17-11-7-15(22)8-12-17/h5-12,18H,13,22H2,1-4H3,(H,23,25)/p-1/t18-/m0/s1. The molecule has 0 spiro atoms. The van der Waals surface area contributed by atoms with Gasteiger partial charge in [-0.2, -0.15) is 0 Å². The third-order valence-electron chi connectivity index (χ3n) is 3.60. The zero-order chi connectivity index (χ0) is 20.7.